The van der Waals surface area contributed by atoms with E-state index in [-0.39, 0.29) is 12.5 Å². The maximum absolute atomic E-state index is 11.4. The molecule has 0 saturated heterocycles. The fourth-order valence-corrected chi connectivity index (χ4v) is 1.29. The third-order valence-corrected chi connectivity index (χ3v) is 2.34. The van der Waals surface area contributed by atoms with Crippen molar-refractivity contribution >= 4 is 5.91 Å². The molecule has 0 atom stereocenters. The van der Waals surface area contributed by atoms with Gasteiger partial charge >= 0.3 is 0 Å². The van der Waals surface area contributed by atoms with Gasteiger partial charge in [0.1, 0.15) is 5.75 Å². The molecule has 0 aromatic heterocycles. The molecule has 0 fully saturated rings. The van der Waals surface area contributed by atoms with Crippen LogP contribution in [0, 0.1) is 0 Å². The molecule has 1 amide bonds. The molecule has 0 heterocycles. The Morgan fingerprint density at radius 3 is 2.82 bits per heavy atom. The number of nitrogens with one attached hydrogen (secondary N) is 1. The molecule has 17 heavy (non-hydrogen) atoms. The van der Waals surface area contributed by atoms with Gasteiger partial charge < -0.3 is 15.0 Å². The third kappa shape index (κ3) is 4.87. The summed E-state index contributed by atoms with van der Waals surface area (Å²) in [6, 6.07) is 7.77. The zero-order chi connectivity index (χ0) is 12.7. The molecular formula is C13H20N2O2. The number of amides is 1. The average Bonchev–Trinajstić information content (AvgIpc) is 2.33. The van der Waals surface area contributed by atoms with Gasteiger partial charge in [-0.25, -0.2) is 0 Å². The van der Waals surface area contributed by atoms with Crippen molar-refractivity contribution in [2.24, 2.45) is 0 Å². The minimum Gasteiger partial charge on any atom is -0.484 e. The Hall–Kier alpha value is -1.55. The molecule has 0 spiro atoms. The van der Waals surface area contributed by atoms with Crippen molar-refractivity contribution in [3.8, 4) is 5.75 Å². The van der Waals surface area contributed by atoms with Crippen LogP contribution in [-0.2, 0) is 11.3 Å². The number of ether oxygens (including phenoxy) is 1. The van der Waals surface area contributed by atoms with Crippen molar-refractivity contribution in [1.29, 1.82) is 0 Å². The van der Waals surface area contributed by atoms with Crippen LogP contribution in [0.25, 0.3) is 0 Å². The van der Waals surface area contributed by atoms with Gasteiger partial charge in [0.05, 0.1) is 0 Å². The van der Waals surface area contributed by atoms with Gasteiger partial charge in [-0.05, 0) is 24.2 Å². The molecule has 1 aromatic carbocycles. The first-order valence-corrected chi connectivity index (χ1v) is 5.76. The van der Waals surface area contributed by atoms with Gasteiger partial charge in [-0.15, -0.1) is 0 Å². The lowest BCUT2D eigenvalue weighted by atomic mass is 10.2. The fourth-order valence-electron chi connectivity index (χ4n) is 1.29. The highest BCUT2D eigenvalue weighted by Crippen LogP contribution is 2.13. The van der Waals surface area contributed by atoms with E-state index in [4.69, 9.17) is 4.74 Å². The second kappa shape index (κ2) is 6.91. The minimum absolute atomic E-state index is 0.0397. The summed E-state index contributed by atoms with van der Waals surface area (Å²) in [6.07, 6.45) is 0. The number of hydrogen-bond donors (Lipinski definition) is 1. The van der Waals surface area contributed by atoms with Crippen LogP contribution in [0.5, 0.6) is 5.75 Å². The molecule has 0 aliphatic rings. The van der Waals surface area contributed by atoms with Crippen LogP contribution in [0.4, 0.5) is 0 Å². The summed E-state index contributed by atoms with van der Waals surface area (Å²) in [5.41, 5.74) is 1.15. The Bertz CT molecular complexity index is 364. The van der Waals surface area contributed by atoms with E-state index < -0.39 is 0 Å². The number of likely N-dealkylation sites (N-methyl/N-ethyl adjacent to an activating group) is 1. The first-order chi connectivity index (χ1) is 8.13. The van der Waals surface area contributed by atoms with Gasteiger partial charge in [-0.3, -0.25) is 4.79 Å². The summed E-state index contributed by atoms with van der Waals surface area (Å²) in [6.45, 7) is 3.90. The smallest absolute Gasteiger partial charge is 0.259 e. The molecule has 1 N–H and O–H groups in total. The predicted octanol–water partition coefficient (Wildman–Crippen LogP) is 1.26. The molecule has 4 heteroatoms. The van der Waals surface area contributed by atoms with Gasteiger partial charge in [0.25, 0.3) is 5.91 Å². The van der Waals surface area contributed by atoms with E-state index in [0.29, 0.717) is 0 Å². The highest BCUT2D eigenvalue weighted by molar-refractivity contribution is 5.77. The maximum atomic E-state index is 11.4. The standard InChI is InChI=1S/C13H20N2O2/c1-4-14-9-11-6-5-7-12(8-11)17-10-13(16)15(2)3/h5-8,14H,4,9-10H2,1-3H3. The number of rotatable bonds is 6. The number of carbonyl (C=O) groups is 1. The number of nitrogens with zero attached hydrogens (tertiary/aromatic N) is 1. The van der Waals surface area contributed by atoms with E-state index in [0.717, 1.165) is 24.4 Å². The van der Waals surface area contributed by atoms with Crippen molar-refractivity contribution in [1.82, 2.24) is 10.2 Å². The van der Waals surface area contributed by atoms with Gasteiger partial charge in [-0.2, -0.15) is 0 Å². The normalized spacial score (nSPS) is 10.1. The number of carbonyl (C=O) groups excluding carboxylic acids is 1. The molecule has 1 aromatic rings. The molecule has 4 nitrogen and oxygen atoms in total. The molecule has 0 radical (unpaired) electrons. The minimum atomic E-state index is -0.0397. The lowest BCUT2D eigenvalue weighted by molar-refractivity contribution is -0.130. The Balaban J connectivity index is 2.51. The van der Waals surface area contributed by atoms with E-state index in [9.17, 15) is 4.79 Å². The van der Waals surface area contributed by atoms with E-state index in [1.165, 1.54) is 4.90 Å². The van der Waals surface area contributed by atoms with Crippen molar-refractivity contribution in [3.63, 3.8) is 0 Å². The number of hydrogen-bond acceptors (Lipinski definition) is 3. The van der Waals surface area contributed by atoms with E-state index in [1.807, 2.05) is 24.3 Å². The van der Waals surface area contributed by atoms with Crippen LogP contribution in [0.2, 0.25) is 0 Å². The van der Waals surface area contributed by atoms with Crippen LogP contribution in [0.3, 0.4) is 0 Å². The fraction of sp³-hybridized carbons (Fsp3) is 0.462. The summed E-state index contributed by atoms with van der Waals surface area (Å²) in [5, 5.41) is 3.24. The molecule has 1 rings (SSSR count). The monoisotopic (exact) mass is 236 g/mol. The van der Waals surface area contributed by atoms with Crippen LogP contribution in [-0.4, -0.2) is 38.1 Å². The Labute approximate surface area is 103 Å². The molecule has 0 unspecified atom stereocenters. The van der Waals surface area contributed by atoms with E-state index >= 15 is 0 Å². The second-order valence-electron chi connectivity index (χ2n) is 4.00. The topological polar surface area (TPSA) is 41.6 Å². The lowest BCUT2D eigenvalue weighted by Crippen LogP contribution is -2.27. The highest BCUT2D eigenvalue weighted by Gasteiger charge is 2.04. The van der Waals surface area contributed by atoms with Crippen LogP contribution >= 0.6 is 0 Å². The van der Waals surface area contributed by atoms with Crippen LogP contribution < -0.4 is 10.1 Å². The molecule has 0 aliphatic heterocycles. The van der Waals surface area contributed by atoms with Gasteiger partial charge in [0, 0.05) is 20.6 Å². The average molecular weight is 236 g/mol. The summed E-state index contributed by atoms with van der Waals surface area (Å²) in [5.74, 6) is 0.692. The molecule has 0 aliphatic carbocycles. The Morgan fingerprint density at radius 2 is 2.18 bits per heavy atom. The van der Waals surface area contributed by atoms with Crippen molar-refractivity contribution in [2.45, 2.75) is 13.5 Å². The Kier molecular flexibility index (Phi) is 5.49. The zero-order valence-electron chi connectivity index (χ0n) is 10.7. The quantitative estimate of drug-likeness (QED) is 0.808. The van der Waals surface area contributed by atoms with E-state index in [1.54, 1.807) is 14.1 Å². The maximum Gasteiger partial charge on any atom is 0.259 e. The first-order valence-electron chi connectivity index (χ1n) is 5.76. The van der Waals surface area contributed by atoms with Gasteiger partial charge in [0.2, 0.25) is 0 Å². The summed E-state index contributed by atoms with van der Waals surface area (Å²) >= 11 is 0. The molecule has 94 valence electrons. The van der Waals surface area contributed by atoms with Gasteiger partial charge in [0.15, 0.2) is 6.61 Å². The second-order valence-corrected chi connectivity index (χ2v) is 4.00. The lowest BCUT2D eigenvalue weighted by Gasteiger charge is -2.12. The van der Waals surface area contributed by atoms with Gasteiger partial charge in [-0.1, -0.05) is 19.1 Å². The molecule has 0 bridgehead atoms. The Morgan fingerprint density at radius 1 is 1.41 bits per heavy atom. The third-order valence-electron chi connectivity index (χ3n) is 2.34. The highest BCUT2D eigenvalue weighted by atomic mass is 16.5. The predicted molar refractivity (Wildman–Crippen MR) is 68.0 cm³/mol. The van der Waals surface area contributed by atoms with Crippen LogP contribution in [0.15, 0.2) is 24.3 Å². The van der Waals surface area contributed by atoms with Crippen LogP contribution in [0.1, 0.15) is 12.5 Å². The van der Waals surface area contributed by atoms with Crippen molar-refractivity contribution in [2.75, 3.05) is 27.2 Å². The van der Waals surface area contributed by atoms with Crippen molar-refractivity contribution < 1.29 is 9.53 Å². The number of benzene rings is 1. The largest absolute Gasteiger partial charge is 0.484 e. The molecule has 0 saturated carbocycles. The first kappa shape index (κ1) is 13.5. The SMILES string of the molecule is CCNCc1cccc(OCC(=O)N(C)C)c1. The van der Waals surface area contributed by atoms with Crippen molar-refractivity contribution in [3.05, 3.63) is 29.8 Å². The summed E-state index contributed by atoms with van der Waals surface area (Å²) < 4.78 is 5.43. The summed E-state index contributed by atoms with van der Waals surface area (Å²) in [4.78, 5) is 12.9. The zero-order valence-corrected chi connectivity index (χ0v) is 10.7. The van der Waals surface area contributed by atoms with E-state index in [2.05, 4.69) is 12.2 Å². The summed E-state index contributed by atoms with van der Waals surface area (Å²) in [7, 11) is 3.43. The molecular weight excluding hydrogens is 216 g/mol.